The van der Waals surface area contributed by atoms with Crippen molar-refractivity contribution in [3.05, 3.63) is 24.3 Å². The number of sulfone groups is 1. The Kier molecular flexibility index (Phi) is 3.41. The number of hydrogen-bond donors (Lipinski definition) is 1. The number of carbonyl (C=O) groups is 1. The van der Waals surface area contributed by atoms with Gasteiger partial charge in [0.25, 0.3) is 0 Å². The van der Waals surface area contributed by atoms with Crippen molar-refractivity contribution in [1.29, 1.82) is 0 Å². The molecule has 1 atom stereocenters. The van der Waals surface area contributed by atoms with Crippen molar-refractivity contribution in [2.45, 2.75) is 11.3 Å². The van der Waals surface area contributed by atoms with E-state index in [4.69, 9.17) is 5.73 Å². The van der Waals surface area contributed by atoms with Crippen LogP contribution in [-0.2, 0) is 14.6 Å². The van der Waals surface area contributed by atoms with E-state index in [1.54, 1.807) is 17.0 Å². The van der Waals surface area contributed by atoms with Gasteiger partial charge in [-0.25, -0.2) is 8.42 Å². The summed E-state index contributed by atoms with van der Waals surface area (Å²) in [5.74, 6) is 0.227. The molecular weight excluding hydrogens is 252 g/mol. The third-order valence-electron chi connectivity index (χ3n) is 3.12. The summed E-state index contributed by atoms with van der Waals surface area (Å²) in [5.41, 5.74) is 6.28. The molecule has 5 nitrogen and oxygen atoms in total. The molecule has 0 spiro atoms. The van der Waals surface area contributed by atoms with E-state index in [9.17, 15) is 13.2 Å². The molecule has 1 fully saturated rings. The van der Waals surface area contributed by atoms with E-state index in [1.165, 1.54) is 12.1 Å². The second-order valence-electron chi connectivity index (χ2n) is 4.58. The van der Waals surface area contributed by atoms with Gasteiger partial charge in [0, 0.05) is 24.9 Å². The summed E-state index contributed by atoms with van der Waals surface area (Å²) in [7, 11) is -3.20. The van der Waals surface area contributed by atoms with Crippen molar-refractivity contribution in [3.8, 4) is 0 Å². The van der Waals surface area contributed by atoms with E-state index >= 15 is 0 Å². The van der Waals surface area contributed by atoms with Gasteiger partial charge < -0.3 is 10.6 Å². The molecule has 0 saturated carbocycles. The number of rotatable bonds is 3. The number of benzene rings is 1. The van der Waals surface area contributed by atoms with Gasteiger partial charge in [0.2, 0.25) is 5.91 Å². The fourth-order valence-corrected chi connectivity index (χ4v) is 2.69. The lowest BCUT2D eigenvalue weighted by atomic mass is 10.1. The Morgan fingerprint density at radius 1 is 1.33 bits per heavy atom. The van der Waals surface area contributed by atoms with Gasteiger partial charge in [-0.2, -0.15) is 0 Å². The molecule has 1 saturated heterocycles. The van der Waals surface area contributed by atoms with Crippen LogP contribution >= 0.6 is 0 Å². The SMILES string of the molecule is CS(=O)(=O)c1ccc(N2CC(CN)CC2=O)cc1. The van der Waals surface area contributed by atoms with Crippen molar-refractivity contribution < 1.29 is 13.2 Å². The molecular formula is C12H16N2O3S. The van der Waals surface area contributed by atoms with Crippen LogP contribution in [0.2, 0.25) is 0 Å². The minimum absolute atomic E-state index is 0.0394. The normalized spacial score (nSPS) is 20.4. The lowest BCUT2D eigenvalue weighted by Crippen LogP contribution is -2.25. The van der Waals surface area contributed by atoms with Crippen LogP contribution in [0.15, 0.2) is 29.2 Å². The Labute approximate surface area is 107 Å². The second-order valence-corrected chi connectivity index (χ2v) is 6.59. The third-order valence-corrected chi connectivity index (χ3v) is 4.24. The predicted molar refractivity (Wildman–Crippen MR) is 69.1 cm³/mol. The maximum absolute atomic E-state index is 11.8. The van der Waals surface area contributed by atoms with Gasteiger partial charge in [-0.05, 0) is 36.7 Å². The Morgan fingerprint density at radius 2 is 1.94 bits per heavy atom. The average Bonchev–Trinajstić information content (AvgIpc) is 2.70. The molecule has 1 aliphatic heterocycles. The lowest BCUT2D eigenvalue weighted by molar-refractivity contribution is -0.117. The van der Waals surface area contributed by atoms with Crippen molar-refractivity contribution in [2.75, 3.05) is 24.2 Å². The van der Waals surface area contributed by atoms with Crippen molar-refractivity contribution in [1.82, 2.24) is 0 Å². The first kappa shape index (κ1) is 13.0. The second kappa shape index (κ2) is 4.70. The van der Waals surface area contributed by atoms with Crippen LogP contribution in [0.4, 0.5) is 5.69 Å². The fourth-order valence-electron chi connectivity index (χ4n) is 2.06. The van der Waals surface area contributed by atoms with Crippen molar-refractivity contribution in [3.63, 3.8) is 0 Å². The number of nitrogens with two attached hydrogens (primary N) is 1. The van der Waals surface area contributed by atoms with Crippen LogP contribution in [0.3, 0.4) is 0 Å². The minimum Gasteiger partial charge on any atom is -0.330 e. The average molecular weight is 268 g/mol. The van der Waals surface area contributed by atoms with Crippen LogP contribution in [0.1, 0.15) is 6.42 Å². The van der Waals surface area contributed by atoms with Crippen molar-refractivity contribution >= 4 is 21.4 Å². The molecule has 18 heavy (non-hydrogen) atoms. The van der Waals surface area contributed by atoms with Gasteiger partial charge in [-0.3, -0.25) is 4.79 Å². The zero-order valence-electron chi connectivity index (χ0n) is 10.2. The number of anilines is 1. The van der Waals surface area contributed by atoms with E-state index in [0.29, 0.717) is 19.5 Å². The van der Waals surface area contributed by atoms with Crippen LogP contribution in [0, 0.1) is 5.92 Å². The highest BCUT2D eigenvalue weighted by molar-refractivity contribution is 7.90. The van der Waals surface area contributed by atoms with Gasteiger partial charge in [0.15, 0.2) is 9.84 Å². The standard InChI is InChI=1S/C12H16N2O3S/c1-18(16,17)11-4-2-10(3-5-11)14-8-9(7-13)6-12(14)15/h2-5,9H,6-8,13H2,1H3. The largest absolute Gasteiger partial charge is 0.330 e. The summed E-state index contributed by atoms with van der Waals surface area (Å²) in [4.78, 5) is 13.7. The Morgan fingerprint density at radius 3 is 2.39 bits per heavy atom. The molecule has 2 N–H and O–H groups in total. The van der Waals surface area contributed by atoms with Gasteiger partial charge in [0.1, 0.15) is 0 Å². The number of carbonyl (C=O) groups excluding carboxylic acids is 1. The Balaban J connectivity index is 2.23. The third kappa shape index (κ3) is 2.54. The minimum atomic E-state index is -3.20. The molecule has 0 bridgehead atoms. The van der Waals surface area contributed by atoms with Crippen LogP contribution < -0.4 is 10.6 Å². The summed E-state index contributed by atoms with van der Waals surface area (Å²) in [6.07, 6.45) is 1.62. The number of nitrogens with zero attached hydrogens (tertiary/aromatic N) is 1. The molecule has 6 heteroatoms. The molecule has 0 aromatic heterocycles. The first-order chi connectivity index (χ1) is 8.41. The first-order valence-electron chi connectivity index (χ1n) is 5.72. The lowest BCUT2D eigenvalue weighted by Gasteiger charge is -2.16. The highest BCUT2D eigenvalue weighted by Crippen LogP contribution is 2.25. The van der Waals surface area contributed by atoms with E-state index < -0.39 is 9.84 Å². The molecule has 1 aromatic rings. The predicted octanol–water partition coefficient (Wildman–Crippen LogP) is 0.402. The molecule has 0 radical (unpaired) electrons. The van der Waals surface area contributed by atoms with Crippen LogP contribution in [0.25, 0.3) is 0 Å². The summed E-state index contributed by atoms with van der Waals surface area (Å²) < 4.78 is 22.7. The Hall–Kier alpha value is -1.40. The van der Waals surface area contributed by atoms with E-state index in [2.05, 4.69) is 0 Å². The highest BCUT2D eigenvalue weighted by Gasteiger charge is 2.29. The Bertz CT molecular complexity index is 551. The summed E-state index contributed by atoms with van der Waals surface area (Å²) in [6.45, 7) is 1.09. The molecule has 1 aliphatic rings. The molecule has 2 rings (SSSR count). The zero-order valence-corrected chi connectivity index (χ0v) is 11.0. The van der Waals surface area contributed by atoms with Crippen LogP contribution in [0.5, 0.6) is 0 Å². The maximum Gasteiger partial charge on any atom is 0.227 e. The molecule has 1 aromatic carbocycles. The quantitative estimate of drug-likeness (QED) is 0.860. The number of amides is 1. The highest BCUT2D eigenvalue weighted by atomic mass is 32.2. The topological polar surface area (TPSA) is 80.5 Å². The maximum atomic E-state index is 11.8. The van der Waals surface area contributed by atoms with Crippen LogP contribution in [-0.4, -0.2) is 33.7 Å². The van der Waals surface area contributed by atoms with Gasteiger partial charge in [-0.15, -0.1) is 0 Å². The molecule has 98 valence electrons. The van der Waals surface area contributed by atoms with Gasteiger partial charge >= 0.3 is 0 Å². The summed E-state index contributed by atoms with van der Waals surface area (Å²) >= 11 is 0. The molecule has 1 unspecified atom stereocenters. The van der Waals surface area contributed by atoms with Crippen molar-refractivity contribution in [2.24, 2.45) is 11.7 Å². The summed E-state index contributed by atoms with van der Waals surface area (Å²) in [5, 5.41) is 0. The molecule has 1 heterocycles. The zero-order chi connectivity index (χ0) is 13.3. The van der Waals surface area contributed by atoms with Gasteiger partial charge in [0.05, 0.1) is 4.90 Å². The molecule has 1 amide bonds. The number of hydrogen-bond acceptors (Lipinski definition) is 4. The van der Waals surface area contributed by atoms with E-state index in [-0.39, 0.29) is 16.7 Å². The molecule has 0 aliphatic carbocycles. The fraction of sp³-hybridized carbons (Fsp3) is 0.417. The van der Waals surface area contributed by atoms with E-state index in [0.717, 1.165) is 11.9 Å². The monoisotopic (exact) mass is 268 g/mol. The smallest absolute Gasteiger partial charge is 0.227 e. The first-order valence-corrected chi connectivity index (χ1v) is 7.61. The summed E-state index contributed by atoms with van der Waals surface area (Å²) in [6, 6.07) is 6.36. The van der Waals surface area contributed by atoms with Gasteiger partial charge in [-0.1, -0.05) is 0 Å². The van der Waals surface area contributed by atoms with E-state index in [1.807, 2.05) is 0 Å².